The van der Waals surface area contributed by atoms with Crippen molar-refractivity contribution in [2.24, 2.45) is 10.9 Å². The molecule has 144 valence electrons. The molecule has 2 rings (SSSR count). The summed E-state index contributed by atoms with van der Waals surface area (Å²) in [5.74, 6) is 1.98. The van der Waals surface area contributed by atoms with Gasteiger partial charge < -0.3 is 15.4 Å². The van der Waals surface area contributed by atoms with Crippen LogP contribution in [0, 0.1) is 16.0 Å². The van der Waals surface area contributed by atoms with Crippen LogP contribution in [-0.4, -0.2) is 24.5 Å². The summed E-state index contributed by atoms with van der Waals surface area (Å²) in [5, 5.41) is 17.3. The Balaban J connectivity index is 2.02. The highest BCUT2D eigenvalue weighted by molar-refractivity contribution is 5.79. The van der Waals surface area contributed by atoms with Crippen molar-refractivity contribution < 1.29 is 9.66 Å². The first-order valence-corrected chi connectivity index (χ1v) is 8.86. The molecule has 0 bridgehead atoms. The van der Waals surface area contributed by atoms with Crippen LogP contribution in [0.2, 0.25) is 0 Å². The van der Waals surface area contributed by atoms with Gasteiger partial charge in [-0.25, -0.2) is 4.99 Å². The molecular weight excluding hydrogens is 344 g/mol. The number of methoxy groups -OCH3 is 1. The number of nitrogens with zero attached hydrogens (tertiary/aromatic N) is 2. The molecule has 2 N–H and O–H groups in total. The van der Waals surface area contributed by atoms with Crippen LogP contribution in [0.5, 0.6) is 5.75 Å². The average molecular weight is 370 g/mol. The lowest BCUT2D eigenvalue weighted by molar-refractivity contribution is -0.384. The van der Waals surface area contributed by atoms with Crippen molar-refractivity contribution in [1.29, 1.82) is 0 Å². The minimum Gasteiger partial charge on any atom is -0.497 e. The van der Waals surface area contributed by atoms with Crippen LogP contribution in [0.3, 0.4) is 0 Å². The number of benzene rings is 2. The van der Waals surface area contributed by atoms with E-state index in [2.05, 4.69) is 29.5 Å². The number of guanidine groups is 1. The number of hydrogen-bond donors (Lipinski definition) is 2. The summed E-state index contributed by atoms with van der Waals surface area (Å²) >= 11 is 0. The van der Waals surface area contributed by atoms with Crippen molar-refractivity contribution >= 4 is 11.6 Å². The summed E-state index contributed by atoms with van der Waals surface area (Å²) in [4.78, 5) is 15.0. The van der Waals surface area contributed by atoms with Gasteiger partial charge in [-0.15, -0.1) is 0 Å². The van der Waals surface area contributed by atoms with E-state index < -0.39 is 4.92 Å². The van der Waals surface area contributed by atoms with Gasteiger partial charge in [-0.05, 0) is 29.2 Å². The molecule has 0 aliphatic rings. The summed E-state index contributed by atoms with van der Waals surface area (Å²) in [7, 11) is 1.64. The second kappa shape index (κ2) is 10.2. The highest BCUT2D eigenvalue weighted by Gasteiger charge is 2.05. The van der Waals surface area contributed by atoms with Gasteiger partial charge in [-0.1, -0.05) is 38.1 Å². The van der Waals surface area contributed by atoms with Crippen LogP contribution in [0.25, 0.3) is 0 Å². The molecule has 0 aliphatic carbocycles. The second-order valence-electron chi connectivity index (χ2n) is 6.57. The Hall–Kier alpha value is -3.09. The van der Waals surface area contributed by atoms with Crippen LogP contribution in [0.15, 0.2) is 53.5 Å². The van der Waals surface area contributed by atoms with Crippen LogP contribution < -0.4 is 15.4 Å². The third kappa shape index (κ3) is 6.97. The Morgan fingerprint density at radius 3 is 2.52 bits per heavy atom. The molecule has 2 aromatic carbocycles. The molecule has 0 aromatic heterocycles. The summed E-state index contributed by atoms with van der Waals surface area (Å²) in [6.45, 7) is 6.10. The first kappa shape index (κ1) is 20.2. The Bertz CT molecular complexity index is 773. The lowest BCUT2D eigenvalue weighted by Crippen LogP contribution is -2.38. The van der Waals surface area contributed by atoms with Gasteiger partial charge in [0.25, 0.3) is 5.69 Å². The average Bonchev–Trinajstić information content (AvgIpc) is 2.67. The van der Waals surface area contributed by atoms with E-state index >= 15 is 0 Å². The molecule has 0 unspecified atom stereocenters. The Labute approximate surface area is 159 Å². The van der Waals surface area contributed by atoms with Crippen molar-refractivity contribution in [3.05, 3.63) is 69.8 Å². The zero-order chi connectivity index (χ0) is 19.6. The standard InChI is InChI=1S/C20H26N4O3/c1-15(2)12-21-20(23-14-17-5-4-6-19(11-17)27-3)22-13-16-7-9-18(10-8-16)24(25)26/h4-11,15H,12-14H2,1-3H3,(H2,21,22,23). The lowest BCUT2D eigenvalue weighted by Gasteiger charge is -2.14. The fourth-order valence-electron chi connectivity index (χ4n) is 2.34. The van der Waals surface area contributed by atoms with Crippen molar-refractivity contribution in [3.8, 4) is 5.75 Å². The molecule has 0 heterocycles. The summed E-state index contributed by atoms with van der Waals surface area (Å²) < 4.78 is 5.24. The van der Waals surface area contributed by atoms with E-state index in [4.69, 9.17) is 4.74 Å². The third-order valence-corrected chi connectivity index (χ3v) is 3.84. The Morgan fingerprint density at radius 1 is 1.15 bits per heavy atom. The van der Waals surface area contributed by atoms with Gasteiger partial charge in [-0.3, -0.25) is 10.1 Å². The smallest absolute Gasteiger partial charge is 0.269 e. The number of non-ortho nitro benzene ring substituents is 1. The first-order valence-electron chi connectivity index (χ1n) is 8.86. The molecule has 0 radical (unpaired) electrons. The number of nitro groups is 1. The van der Waals surface area contributed by atoms with E-state index in [1.165, 1.54) is 12.1 Å². The molecule has 0 spiro atoms. The van der Waals surface area contributed by atoms with Crippen molar-refractivity contribution in [2.75, 3.05) is 13.7 Å². The van der Waals surface area contributed by atoms with Gasteiger partial charge in [0.2, 0.25) is 0 Å². The topological polar surface area (TPSA) is 88.8 Å². The van der Waals surface area contributed by atoms with E-state index in [1.807, 2.05) is 24.3 Å². The number of nitro benzene ring substituents is 1. The molecule has 0 saturated heterocycles. The molecule has 0 aliphatic heterocycles. The Morgan fingerprint density at radius 2 is 1.89 bits per heavy atom. The lowest BCUT2D eigenvalue weighted by atomic mass is 10.2. The van der Waals surface area contributed by atoms with Gasteiger partial charge in [0.15, 0.2) is 5.96 Å². The zero-order valence-electron chi connectivity index (χ0n) is 15.9. The fraction of sp³-hybridized carbons (Fsp3) is 0.350. The number of hydrogen-bond acceptors (Lipinski definition) is 4. The van der Waals surface area contributed by atoms with Crippen molar-refractivity contribution in [3.63, 3.8) is 0 Å². The third-order valence-electron chi connectivity index (χ3n) is 3.84. The molecule has 0 amide bonds. The summed E-state index contributed by atoms with van der Waals surface area (Å²) in [6.07, 6.45) is 0. The number of ether oxygens (including phenoxy) is 1. The highest BCUT2D eigenvalue weighted by Crippen LogP contribution is 2.13. The molecule has 7 nitrogen and oxygen atoms in total. The largest absolute Gasteiger partial charge is 0.497 e. The van der Waals surface area contributed by atoms with Gasteiger partial charge in [-0.2, -0.15) is 0 Å². The van der Waals surface area contributed by atoms with Crippen LogP contribution in [0.1, 0.15) is 25.0 Å². The van der Waals surface area contributed by atoms with Gasteiger partial charge >= 0.3 is 0 Å². The molecule has 2 aromatic rings. The normalized spacial score (nSPS) is 11.3. The minimum absolute atomic E-state index is 0.0867. The van der Waals surface area contributed by atoms with Crippen LogP contribution >= 0.6 is 0 Å². The molecule has 7 heteroatoms. The quantitative estimate of drug-likeness (QED) is 0.321. The minimum atomic E-state index is -0.400. The van der Waals surface area contributed by atoms with E-state index in [0.29, 0.717) is 25.0 Å². The van der Waals surface area contributed by atoms with Crippen LogP contribution in [-0.2, 0) is 13.1 Å². The number of aliphatic imine (C=N–C) groups is 1. The predicted octanol–water partition coefficient (Wildman–Crippen LogP) is 3.49. The summed E-state index contributed by atoms with van der Waals surface area (Å²) in [5.41, 5.74) is 2.08. The maximum Gasteiger partial charge on any atom is 0.269 e. The van der Waals surface area contributed by atoms with E-state index in [-0.39, 0.29) is 5.69 Å². The second-order valence-corrected chi connectivity index (χ2v) is 6.57. The van der Waals surface area contributed by atoms with E-state index in [1.54, 1.807) is 19.2 Å². The maximum absolute atomic E-state index is 10.7. The molecule has 0 atom stereocenters. The van der Waals surface area contributed by atoms with E-state index in [9.17, 15) is 10.1 Å². The van der Waals surface area contributed by atoms with Crippen molar-refractivity contribution in [2.45, 2.75) is 26.9 Å². The molecule has 0 saturated carbocycles. The van der Waals surface area contributed by atoms with E-state index in [0.717, 1.165) is 23.4 Å². The number of nitrogens with one attached hydrogen (secondary N) is 2. The molecule has 0 fully saturated rings. The van der Waals surface area contributed by atoms with Gasteiger partial charge in [0.1, 0.15) is 5.75 Å². The highest BCUT2D eigenvalue weighted by atomic mass is 16.6. The van der Waals surface area contributed by atoms with Crippen molar-refractivity contribution in [1.82, 2.24) is 10.6 Å². The number of rotatable bonds is 8. The fourth-order valence-corrected chi connectivity index (χ4v) is 2.34. The summed E-state index contributed by atoms with van der Waals surface area (Å²) in [6, 6.07) is 14.3. The predicted molar refractivity (Wildman–Crippen MR) is 107 cm³/mol. The van der Waals surface area contributed by atoms with Gasteiger partial charge in [0, 0.05) is 25.2 Å². The maximum atomic E-state index is 10.7. The SMILES string of the molecule is COc1cccc(CN=C(NCc2ccc([N+](=O)[O-])cc2)NCC(C)C)c1. The Kier molecular flexibility index (Phi) is 7.61. The zero-order valence-corrected chi connectivity index (χ0v) is 15.9. The first-order chi connectivity index (χ1) is 13.0. The van der Waals surface area contributed by atoms with Crippen LogP contribution in [0.4, 0.5) is 5.69 Å². The molecule has 27 heavy (non-hydrogen) atoms. The van der Waals surface area contributed by atoms with Gasteiger partial charge in [0.05, 0.1) is 18.6 Å². The molecular formula is C20H26N4O3. The monoisotopic (exact) mass is 370 g/mol.